The van der Waals surface area contributed by atoms with Crippen LogP contribution in [0.4, 0.5) is 5.82 Å². The predicted molar refractivity (Wildman–Crippen MR) is 76.1 cm³/mol. The second kappa shape index (κ2) is 6.36. The minimum Gasteiger partial charge on any atom is -0.354 e. The molecule has 1 atom stereocenters. The molecular formula is C12H21N5S. The van der Waals surface area contributed by atoms with E-state index in [1.54, 1.807) is 18.1 Å². The van der Waals surface area contributed by atoms with Gasteiger partial charge in [0.05, 0.1) is 0 Å². The number of hydrogen-bond acceptors (Lipinski definition) is 6. The minimum atomic E-state index is 0.472. The summed E-state index contributed by atoms with van der Waals surface area (Å²) in [7, 11) is 0. The van der Waals surface area contributed by atoms with Crippen LogP contribution < -0.4 is 10.6 Å². The molecular weight excluding hydrogens is 246 g/mol. The number of nitrogens with two attached hydrogens (primary N) is 1. The summed E-state index contributed by atoms with van der Waals surface area (Å²) in [4.78, 5) is 13.3. The summed E-state index contributed by atoms with van der Waals surface area (Å²) in [6.07, 6.45) is 3.68. The summed E-state index contributed by atoms with van der Waals surface area (Å²) >= 11 is 1.65. The molecule has 0 spiro atoms. The molecule has 1 aliphatic rings. The van der Waals surface area contributed by atoms with E-state index in [0.717, 1.165) is 43.6 Å². The SMILES string of the molecule is CSc1cc(N2CCN(C(C)CN)CC2)ncn1. The number of piperazine rings is 1. The van der Waals surface area contributed by atoms with Crippen molar-refractivity contribution in [1.82, 2.24) is 14.9 Å². The van der Waals surface area contributed by atoms with Crippen LogP contribution >= 0.6 is 11.8 Å². The Morgan fingerprint density at radius 2 is 2.06 bits per heavy atom. The fourth-order valence-corrected chi connectivity index (χ4v) is 2.53. The molecule has 0 aromatic carbocycles. The summed E-state index contributed by atoms with van der Waals surface area (Å²) in [6.45, 7) is 7.04. The van der Waals surface area contributed by atoms with E-state index in [2.05, 4.69) is 32.8 Å². The van der Waals surface area contributed by atoms with Gasteiger partial charge in [-0.15, -0.1) is 11.8 Å². The topological polar surface area (TPSA) is 58.3 Å². The van der Waals surface area contributed by atoms with Gasteiger partial charge >= 0.3 is 0 Å². The van der Waals surface area contributed by atoms with Crippen LogP contribution in [0.15, 0.2) is 17.4 Å². The Bertz CT molecular complexity index is 378. The average molecular weight is 267 g/mol. The Balaban J connectivity index is 1.96. The second-order valence-electron chi connectivity index (χ2n) is 4.53. The van der Waals surface area contributed by atoms with Crippen molar-refractivity contribution >= 4 is 17.6 Å². The average Bonchev–Trinajstić information content (AvgIpc) is 2.46. The fourth-order valence-electron chi connectivity index (χ4n) is 2.16. The van der Waals surface area contributed by atoms with Crippen LogP contribution in [-0.4, -0.2) is 59.9 Å². The lowest BCUT2D eigenvalue weighted by atomic mass is 10.2. The lowest BCUT2D eigenvalue weighted by Gasteiger charge is -2.38. The zero-order valence-corrected chi connectivity index (χ0v) is 11.9. The van der Waals surface area contributed by atoms with Gasteiger partial charge in [0.1, 0.15) is 17.2 Å². The normalized spacial score (nSPS) is 18.9. The van der Waals surface area contributed by atoms with E-state index in [9.17, 15) is 0 Å². The van der Waals surface area contributed by atoms with E-state index in [1.807, 2.05) is 6.26 Å². The van der Waals surface area contributed by atoms with E-state index < -0.39 is 0 Å². The molecule has 1 aromatic heterocycles. The standard InChI is InChI=1S/C12H21N5S/c1-10(8-13)16-3-5-17(6-4-16)11-7-12(18-2)15-9-14-11/h7,9-10H,3-6,8,13H2,1-2H3. The summed E-state index contributed by atoms with van der Waals surface area (Å²) in [5, 5.41) is 1.03. The van der Waals surface area contributed by atoms with Gasteiger partial charge in [-0.2, -0.15) is 0 Å². The van der Waals surface area contributed by atoms with Crippen LogP contribution in [0.5, 0.6) is 0 Å². The van der Waals surface area contributed by atoms with Gasteiger partial charge in [-0.25, -0.2) is 9.97 Å². The first-order chi connectivity index (χ1) is 8.74. The Hall–Kier alpha value is -0.850. The lowest BCUT2D eigenvalue weighted by Crippen LogP contribution is -2.51. The Kier molecular flexibility index (Phi) is 4.79. The monoisotopic (exact) mass is 267 g/mol. The molecule has 2 heterocycles. The molecule has 0 amide bonds. The minimum absolute atomic E-state index is 0.472. The zero-order chi connectivity index (χ0) is 13.0. The number of rotatable bonds is 4. The number of nitrogens with zero attached hydrogens (tertiary/aromatic N) is 4. The molecule has 1 aromatic rings. The molecule has 0 saturated carbocycles. The molecule has 18 heavy (non-hydrogen) atoms. The molecule has 1 fully saturated rings. The van der Waals surface area contributed by atoms with E-state index >= 15 is 0 Å². The lowest BCUT2D eigenvalue weighted by molar-refractivity contribution is 0.201. The maximum absolute atomic E-state index is 5.71. The molecule has 1 unspecified atom stereocenters. The highest BCUT2D eigenvalue weighted by Gasteiger charge is 2.21. The Morgan fingerprint density at radius 1 is 1.33 bits per heavy atom. The molecule has 0 aliphatic carbocycles. The molecule has 5 nitrogen and oxygen atoms in total. The maximum Gasteiger partial charge on any atom is 0.133 e. The molecule has 0 radical (unpaired) electrons. The smallest absolute Gasteiger partial charge is 0.133 e. The van der Waals surface area contributed by atoms with Crippen LogP contribution in [0.3, 0.4) is 0 Å². The summed E-state index contributed by atoms with van der Waals surface area (Å²) in [5.74, 6) is 1.04. The molecule has 1 saturated heterocycles. The van der Waals surface area contributed by atoms with Crippen LogP contribution in [-0.2, 0) is 0 Å². The number of thioether (sulfide) groups is 1. The summed E-state index contributed by atoms with van der Waals surface area (Å²) in [5.41, 5.74) is 5.71. The van der Waals surface area contributed by atoms with Gasteiger partial charge in [-0.05, 0) is 13.2 Å². The highest BCUT2D eigenvalue weighted by Crippen LogP contribution is 2.19. The Labute approximate surface area is 113 Å². The van der Waals surface area contributed by atoms with E-state index in [0.29, 0.717) is 6.04 Å². The fraction of sp³-hybridized carbons (Fsp3) is 0.667. The predicted octanol–water partition coefficient (Wildman–Crippen LogP) is 0.668. The van der Waals surface area contributed by atoms with Crippen LogP contribution in [0, 0.1) is 0 Å². The summed E-state index contributed by atoms with van der Waals surface area (Å²) < 4.78 is 0. The third-order valence-electron chi connectivity index (χ3n) is 3.44. The first-order valence-corrected chi connectivity index (χ1v) is 7.52. The molecule has 0 bridgehead atoms. The van der Waals surface area contributed by atoms with Gasteiger partial charge in [0.25, 0.3) is 0 Å². The first-order valence-electron chi connectivity index (χ1n) is 6.29. The number of hydrogen-bond donors (Lipinski definition) is 1. The van der Waals surface area contributed by atoms with Crippen LogP contribution in [0.25, 0.3) is 0 Å². The highest BCUT2D eigenvalue weighted by molar-refractivity contribution is 7.98. The first kappa shape index (κ1) is 13.6. The van der Waals surface area contributed by atoms with Gasteiger partial charge in [0, 0.05) is 44.8 Å². The second-order valence-corrected chi connectivity index (χ2v) is 5.35. The molecule has 2 rings (SSSR count). The van der Waals surface area contributed by atoms with Crippen molar-refractivity contribution in [3.8, 4) is 0 Å². The Morgan fingerprint density at radius 3 is 2.67 bits per heavy atom. The number of anilines is 1. The van der Waals surface area contributed by atoms with Gasteiger partial charge in [0.2, 0.25) is 0 Å². The van der Waals surface area contributed by atoms with Crippen molar-refractivity contribution in [2.75, 3.05) is 43.9 Å². The zero-order valence-electron chi connectivity index (χ0n) is 11.0. The molecule has 2 N–H and O–H groups in total. The molecule has 1 aliphatic heterocycles. The van der Waals surface area contributed by atoms with Crippen molar-refractivity contribution in [2.45, 2.75) is 18.0 Å². The summed E-state index contributed by atoms with van der Waals surface area (Å²) in [6, 6.07) is 2.53. The van der Waals surface area contributed by atoms with E-state index in [1.165, 1.54) is 0 Å². The quantitative estimate of drug-likeness (QED) is 0.639. The molecule has 6 heteroatoms. The van der Waals surface area contributed by atoms with Gasteiger partial charge in [0.15, 0.2) is 0 Å². The number of aromatic nitrogens is 2. The van der Waals surface area contributed by atoms with Crippen molar-refractivity contribution in [2.24, 2.45) is 5.73 Å². The van der Waals surface area contributed by atoms with Gasteiger partial charge < -0.3 is 10.6 Å². The van der Waals surface area contributed by atoms with Crippen molar-refractivity contribution in [1.29, 1.82) is 0 Å². The van der Waals surface area contributed by atoms with Crippen molar-refractivity contribution < 1.29 is 0 Å². The third kappa shape index (κ3) is 3.13. The van der Waals surface area contributed by atoms with Crippen molar-refractivity contribution in [3.05, 3.63) is 12.4 Å². The van der Waals surface area contributed by atoms with Gasteiger partial charge in [-0.1, -0.05) is 0 Å². The largest absolute Gasteiger partial charge is 0.354 e. The highest BCUT2D eigenvalue weighted by atomic mass is 32.2. The maximum atomic E-state index is 5.71. The van der Waals surface area contributed by atoms with E-state index in [4.69, 9.17) is 5.73 Å². The van der Waals surface area contributed by atoms with Crippen molar-refractivity contribution in [3.63, 3.8) is 0 Å². The molecule has 100 valence electrons. The van der Waals surface area contributed by atoms with E-state index in [-0.39, 0.29) is 0 Å². The van der Waals surface area contributed by atoms with Gasteiger partial charge in [-0.3, -0.25) is 4.90 Å². The van der Waals surface area contributed by atoms with Crippen LogP contribution in [0.2, 0.25) is 0 Å². The van der Waals surface area contributed by atoms with Crippen LogP contribution in [0.1, 0.15) is 6.92 Å². The third-order valence-corrected chi connectivity index (χ3v) is 4.08.